The molecule has 1 aromatic rings. The van der Waals surface area contributed by atoms with Gasteiger partial charge in [-0.1, -0.05) is 0 Å². The van der Waals surface area contributed by atoms with Crippen LogP contribution in [0.25, 0.3) is 0 Å². The normalized spacial score (nSPS) is 8.75. The molecule has 1 rings (SSSR count). The summed E-state index contributed by atoms with van der Waals surface area (Å²) < 4.78 is 0. The van der Waals surface area contributed by atoms with Gasteiger partial charge in [0, 0.05) is 0 Å². The van der Waals surface area contributed by atoms with E-state index >= 15 is 0 Å². The van der Waals surface area contributed by atoms with E-state index in [1.165, 1.54) is 5.56 Å². The quantitative estimate of drug-likeness (QED) is 0.480. The fourth-order valence-electron chi connectivity index (χ4n) is 0.542. The monoisotopic (exact) mass is 105 g/mol. The van der Waals surface area contributed by atoms with Crippen LogP contribution in [0.4, 0.5) is 0 Å². The van der Waals surface area contributed by atoms with E-state index < -0.39 is 0 Å². The molecule has 1 nitrogen and oxygen atoms in total. The third-order valence-corrected chi connectivity index (χ3v) is 1.06. The van der Waals surface area contributed by atoms with Gasteiger partial charge in [-0.05, 0) is 0 Å². The van der Waals surface area contributed by atoms with Crippen LogP contribution in [-0.2, 0) is 0 Å². The molecule has 0 aliphatic carbocycles. The molecule has 0 atom stereocenters. The van der Waals surface area contributed by atoms with E-state index in [-0.39, 0.29) is 0 Å². The van der Waals surface area contributed by atoms with Gasteiger partial charge in [-0.25, -0.2) is 0 Å². The molecule has 1 heterocycles. The molecule has 0 bridgehead atoms. The summed E-state index contributed by atoms with van der Waals surface area (Å²) in [6.07, 6.45) is 1.87. The number of hydrogen-bond donors (Lipinski definition) is 0. The molecule has 0 aliphatic heterocycles. The Morgan fingerprint density at radius 2 is 2.25 bits per heavy atom. The van der Waals surface area contributed by atoms with Crippen LogP contribution in [0.5, 0.6) is 0 Å². The van der Waals surface area contributed by atoms with E-state index in [4.69, 9.17) is 0 Å². The standard InChI is InChI=1S/C6H8BN/c1-5-3-7-6(2)8-4-5/h3-4H,1-2H3. The van der Waals surface area contributed by atoms with Crippen molar-refractivity contribution < 1.29 is 0 Å². The zero-order valence-electron chi connectivity index (χ0n) is 5.18. The van der Waals surface area contributed by atoms with Gasteiger partial charge in [-0.15, -0.1) is 0 Å². The van der Waals surface area contributed by atoms with Crippen LogP contribution in [-0.4, -0.2) is 11.9 Å². The van der Waals surface area contributed by atoms with Crippen molar-refractivity contribution in [1.29, 1.82) is 0 Å². The van der Waals surface area contributed by atoms with Crippen LogP contribution < -0.4 is 0 Å². The van der Waals surface area contributed by atoms with Gasteiger partial charge in [-0.2, -0.15) is 0 Å². The summed E-state index contributed by atoms with van der Waals surface area (Å²) in [5.41, 5.74) is 2.30. The van der Waals surface area contributed by atoms with Crippen molar-refractivity contribution in [2.45, 2.75) is 13.8 Å². The van der Waals surface area contributed by atoms with Crippen LogP contribution >= 0.6 is 0 Å². The van der Waals surface area contributed by atoms with Crippen molar-refractivity contribution in [1.82, 2.24) is 4.98 Å². The second-order valence-electron chi connectivity index (χ2n) is 1.98. The molecule has 2 heteroatoms. The van der Waals surface area contributed by atoms with E-state index in [2.05, 4.69) is 10.9 Å². The molecule has 0 N–H and O–H groups in total. The first kappa shape index (κ1) is 5.48. The summed E-state index contributed by atoms with van der Waals surface area (Å²) in [6.45, 7) is 6.03. The Bertz CT molecular complexity index is 147. The number of aryl methyl sites for hydroxylation is 2. The molecule has 0 aliphatic rings. The number of rotatable bonds is 0. The summed E-state index contributed by atoms with van der Waals surface area (Å²) >= 11 is 0. The molecule has 40 valence electrons. The maximum absolute atomic E-state index is 4.08. The minimum absolute atomic E-state index is 1.08. The average Bonchev–Trinajstić information content (AvgIpc) is 1.77. The van der Waals surface area contributed by atoms with E-state index in [1.54, 1.807) is 0 Å². The van der Waals surface area contributed by atoms with E-state index in [9.17, 15) is 0 Å². The number of nitrogens with zero attached hydrogens (tertiary/aromatic N) is 1. The van der Waals surface area contributed by atoms with Crippen molar-refractivity contribution in [2.24, 2.45) is 0 Å². The van der Waals surface area contributed by atoms with Crippen LogP contribution in [0.1, 0.15) is 11.2 Å². The third kappa shape index (κ3) is 1.16. The second kappa shape index (κ2) is 2.08. The number of hydrogen-bond acceptors (Lipinski definition) is 1. The molecule has 0 spiro atoms. The van der Waals surface area contributed by atoms with Gasteiger partial charge in [0.2, 0.25) is 0 Å². The summed E-state index contributed by atoms with van der Waals surface area (Å²) in [7, 11) is 0. The van der Waals surface area contributed by atoms with Crippen molar-refractivity contribution in [3.63, 3.8) is 0 Å². The van der Waals surface area contributed by atoms with Crippen LogP contribution in [0, 0.1) is 13.8 Å². The first-order valence-electron chi connectivity index (χ1n) is 2.68. The molecule has 0 saturated carbocycles. The zero-order valence-corrected chi connectivity index (χ0v) is 5.18. The summed E-state index contributed by atoms with van der Waals surface area (Å²) in [6, 6.07) is 0. The molecule has 0 saturated heterocycles. The number of aromatic nitrogens is 1. The van der Waals surface area contributed by atoms with Crippen LogP contribution in [0.15, 0.2) is 12.2 Å². The molecule has 0 fully saturated rings. The molecule has 0 aromatic carbocycles. The van der Waals surface area contributed by atoms with Crippen molar-refractivity contribution >= 4 is 6.91 Å². The summed E-state index contributed by atoms with van der Waals surface area (Å²) in [5.74, 6) is 2.06. The van der Waals surface area contributed by atoms with E-state index in [1.807, 2.05) is 27.0 Å². The average molecular weight is 105 g/mol. The van der Waals surface area contributed by atoms with Gasteiger partial charge in [0.05, 0.1) is 0 Å². The Kier molecular flexibility index (Phi) is 1.42. The Balaban J connectivity index is 3.03. The van der Waals surface area contributed by atoms with Crippen molar-refractivity contribution in [3.8, 4) is 0 Å². The molecule has 0 radical (unpaired) electrons. The van der Waals surface area contributed by atoms with E-state index in [0.717, 1.165) is 5.59 Å². The second-order valence-corrected chi connectivity index (χ2v) is 1.98. The topological polar surface area (TPSA) is 12.9 Å². The summed E-state index contributed by atoms with van der Waals surface area (Å²) in [5, 5.41) is 0. The predicted octanol–water partition coefficient (Wildman–Crippen LogP) is 1.04. The minimum atomic E-state index is 1.08. The van der Waals surface area contributed by atoms with Crippen molar-refractivity contribution in [3.05, 3.63) is 23.3 Å². The van der Waals surface area contributed by atoms with E-state index in [0.29, 0.717) is 0 Å². The third-order valence-electron chi connectivity index (χ3n) is 1.06. The fraction of sp³-hybridized carbons (Fsp3) is 0.333. The Morgan fingerprint density at radius 1 is 1.50 bits per heavy atom. The van der Waals surface area contributed by atoms with Gasteiger partial charge >= 0.3 is 49.1 Å². The van der Waals surface area contributed by atoms with Gasteiger partial charge in [-0.3, -0.25) is 0 Å². The first-order valence-corrected chi connectivity index (χ1v) is 2.68. The molecule has 1 aromatic heterocycles. The van der Waals surface area contributed by atoms with Crippen LogP contribution in [0.3, 0.4) is 0 Å². The van der Waals surface area contributed by atoms with Gasteiger partial charge < -0.3 is 0 Å². The Labute approximate surface area is 50.0 Å². The predicted molar refractivity (Wildman–Crippen MR) is 35.1 cm³/mol. The fourth-order valence-corrected chi connectivity index (χ4v) is 0.542. The first-order chi connectivity index (χ1) is 3.79. The van der Waals surface area contributed by atoms with Gasteiger partial charge in [0.25, 0.3) is 0 Å². The Hall–Kier alpha value is -0.655. The van der Waals surface area contributed by atoms with Crippen LogP contribution in [0.2, 0.25) is 0 Å². The Morgan fingerprint density at radius 3 is 2.62 bits per heavy atom. The maximum atomic E-state index is 4.08. The van der Waals surface area contributed by atoms with Gasteiger partial charge in [0.1, 0.15) is 0 Å². The zero-order chi connectivity index (χ0) is 5.98. The molecule has 0 amide bonds. The SMILES string of the molecule is Cc1cbc(C)nc1. The summed E-state index contributed by atoms with van der Waals surface area (Å²) in [4.78, 5) is 4.08. The van der Waals surface area contributed by atoms with Gasteiger partial charge in [0.15, 0.2) is 0 Å². The molecular weight excluding hydrogens is 96.9 g/mol. The molecule has 8 heavy (non-hydrogen) atoms. The van der Waals surface area contributed by atoms with Crippen molar-refractivity contribution in [2.75, 3.05) is 0 Å². The molecular formula is C6H8BN. The molecule has 0 unspecified atom stereocenters.